The van der Waals surface area contributed by atoms with E-state index in [0.29, 0.717) is 5.92 Å². The van der Waals surface area contributed by atoms with Gasteiger partial charge >= 0.3 is 0 Å². The molecule has 1 saturated heterocycles. The van der Waals surface area contributed by atoms with E-state index in [1.165, 1.54) is 5.56 Å². The van der Waals surface area contributed by atoms with Crippen LogP contribution in [0.5, 0.6) is 0 Å². The van der Waals surface area contributed by atoms with Crippen molar-refractivity contribution in [2.45, 2.75) is 12.0 Å². The minimum Gasteiger partial charge on any atom is -0.326 e. The Hall–Kier alpha value is -0.380. The predicted molar refractivity (Wildman–Crippen MR) is 57.7 cm³/mol. The maximum absolute atomic E-state index is 5.97. The molecule has 0 radical (unpaired) electrons. The third-order valence-corrected chi connectivity index (χ3v) is 3.09. The van der Waals surface area contributed by atoms with Crippen LogP contribution in [0.2, 0.25) is 0 Å². The van der Waals surface area contributed by atoms with Crippen LogP contribution in [0.25, 0.3) is 0 Å². The largest absolute Gasteiger partial charge is 0.326 e. The number of halogens is 1. The van der Waals surface area contributed by atoms with Crippen molar-refractivity contribution in [3.05, 3.63) is 34.3 Å². The fourth-order valence-electron chi connectivity index (χ4n) is 1.77. The highest BCUT2D eigenvalue weighted by molar-refractivity contribution is 9.10. The standard InChI is InChI=1S/C10H13BrN2/c11-8-3-1-7(2-4-8)9-5-13-6-10(9)12/h1-4,9-10,13H,5-6,12H2. The molecule has 3 N–H and O–H groups in total. The number of rotatable bonds is 1. The van der Waals surface area contributed by atoms with E-state index in [4.69, 9.17) is 5.73 Å². The van der Waals surface area contributed by atoms with E-state index in [-0.39, 0.29) is 6.04 Å². The van der Waals surface area contributed by atoms with E-state index in [0.717, 1.165) is 17.6 Å². The molecule has 1 heterocycles. The molecule has 1 aromatic rings. The molecule has 2 atom stereocenters. The van der Waals surface area contributed by atoms with Gasteiger partial charge in [-0.1, -0.05) is 28.1 Å². The monoisotopic (exact) mass is 240 g/mol. The number of hydrogen-bond donors (Lipinski definition) is 2. The van der Waals surface area contributed by atoms with Crippen LogP contribution in [0.3, 0.4) is 0 Å². The van der Waals surface area contributed by atoms with Crippen molar-refractivity contribution in [1.82, 2.24) is 5.32 Å². The predicted octanol–water partition coefficient (Wildman–Crippen LogP) is 1.46. The third kappa shape index (κ3) is 1.93. The van der Waals surface area contributed by atoms with Gasteiger partial charge in [0.25, 0.3) is 0 Å². The number of hydrogen-bond acceptors (Lipinski definition) is 2. The van der Waals surface area contributed by atoms with E-state index in [2.05, 4.69) is 45.5 Å². The second-order valence-electron chi connectivity index (χ2n) is 3.48. The summed E-state index contributed by atoms with van der Waals surface area (Å²) in [5, 5.41) is 3.30. The van der Waals surface area contributed by atoms with Gasteiger partial charge in [-0.3, -0.25) is 0 Å². The molecule has 2 unspecified atom stereocenters. The molecule has 1 aliphatic rings. The van der Waals surface area contributed by atoms with Crippen LogP contribution in [-0.4, -0.2) is 19.1 Å². The third-order valence-electron chi connectivity index (χ3n) is 2.56. The van der Waals surface area contributed by atoms with Gasteiger partial charge in [-0.25, -0.2) is 0 Å². The smallest absolute Gasteiger partial charge is 0.0247 e. The average molecular weight is 241 g/mol. The molecule has 0 saturated carbocycles. The molecule has 1 fully saturated rings. The molecule has 0 aliphatic carbocycles. The summed E-state index contributed by atoms with van der Waals surface area (Å²) >= 11 is 3.42. The van der Waals surface area contributed by atoms with Gasteiger partial charge < -0.3 is 11.1 Å². The molecule has 0 bridgehead atoms. The van der Waals surface area contributed by atoms with Crippen LogP contribution in [-0.2, 0) is 0 Å². The molecule has 0 aromatic heterocycles. The highest BCUT2D eigenvalue weighted by atomic mass is 79.9. The van der Waals surface area contributed by atoms with Crippen molar-refractivity contribution >= 4 is 15.9 Å². The van der Waals surface area contributed by atoms with Crippen LogP contribution in [0.4, 0.5) is 0 Å². The van der Waals surface area contributed by atoms with Crippen molar-refractivity contribution in [2.75, 3.05) is 13.1 Å². The van der Waals surface area contributed by atoms with E-state index in [1.807, 2.05) is 0 Å². The van der Waals surface area contributed by atoms with Crippen molar-refractivity contribution in [3.8, 4) is 0 Å². The fourth-order valence-corrected chi connectivity index (χ4v) is 2.04. The molecule has 2 rings (SSSR count). The first-order valence-electron chi connectivity index (χ1n) is 4.49. The first-order valence-corrected chi connectivity index (χ1v) is 5.28. The Labute approximate surface area is 86.6 Å². The molecule has 13 heavy (non-hydrogen) atoms. The second-order valence-corrected chi connectivity index (χ2v) is 4.40. The summed E-state index contributed by atoms with van der Waals surface area (Å²) in [5.41, 5.74) is 7.31. The van der Waals surface area contributed by atoms with Crippen LogP contribution in [0.1, 0.15) is 11.5 Å². The summed E-state index contributed by atoms with van der Waals surface area (Å²) in [6, 6.07) is 8.69. The Morgan fingerprint density at radius 2 is 1.92 bits per heavy atom. The Morgan fingerprint density at radius 1 is 1.23 bits per heavy atom. The highest BCUT2D eigenvalue weighted by Crippen LogP contribution is 2.22. The first kappa shape index (κ1) is 9.19. The Kier molecular flexibility index (Phi) is 2.67. The minimum atomic E-state index is 0.265. The van der Waals surface area contributed by atoms with Gasteiger partial charge in [0.05, 0.1) is 0 Å². The summed E-state index contributed by atoms with van der Waals surface area (Å²) < 4.78 is 1.12. The lowest BCUT2D eigenvalue weighted by molar-refractivity contribution is 0.653. The zero-order valence-corrected chi connectivity index (χ0v) is 8.92. The lowest BCUT2D eigenvalue weighted by atomic mass is 9.95. The van der Waals surface area contributed by atoms with Gasteiger partial charge in [-0.15, -0.1) is 0 Å². The van der Waals surface area contributed by atoms with Crippen molar-refractivity contribution in [2.24, 2.45) is 5.73 Å². The molecule has 0 spiro atoms. The summed E-state index contributed by atoms with van der Waals surface area (Å²) in [6.45, 7) is 1.93. The average Bonchev–Trinajstić information content (AvgIpc) is 2.53. The Morgan fingerprint density at radius 3 is 2.46 bits per heavy atom. The summed E-state index contributed by atoms with van der Waals surface area (Å²) in [7, 11) is 0. The molecule has 1 aromatic carbocycles. The van der Waals surface area contributed by atoms with E-state index >= 15 is 0 Å². The molecule has 3 heteroatoms. The summed E-state index contributed by atoms with van der Waals surface area (Å²) in [5.74, 6) is 0.480. The molecule has 2 nitrogen and oxygen atoms in total. The first-order chi connectivity index (χ1) is 6.27. The quantitative estimate of drug-likeness (QED) is 0.781. The molecule has 70 valence electrons. The lowest BCUT2D eigenvalue weighted by Crippen LogP contribution is -2.27. The number of nitrogens with two attached hydrogens (primary N) is 1. The van der Waals surface area contributed by atoms with Gasteiger partial charge in [0.15, 0.2) is 0 Å². The van der Waals surface area contributed by atoms with Gasteiger partial charge in [0, 0.05) is 29.5 Å². The van der Waals surface area contributed by atoms with Crippen molar-refractivity contribution < 1.29 is 0 Å². The SMILES string of the molecule is NC1CNCC1c1ccc(Br)cc1. The Balaban J connectivity index is 2.20. The van der Waals surface area contributed by atoms with E-state index in [9.17, 15) is 0 Å². The van der Waals surface area contributed by atoms with Crippen LogP contribution in [0.15, 0.2) is 28.7 Å². The van der Waals surface area contributed by atoms with E-state index < -0.39 is 0 Å². The fraction of sp³-hybridized carbons (Fsp3) is 0.400. The van der Waals surface area contributed by atoms with Crippen molar-refractivity contribution in [1.29, 1.82) is 0 Å². The normalized spacial score (nSPS) is 27.8. The van der Waals surface area contributed by atoms with Gasteiger partial charge in [0.2, 0.25) is 0 Å². The zero-order valence-electron chi connectivity index (χ0n) is 7.33. The van der Waals surface area contributed by atoms with E-state index in [1.54, 1.807) is 0 Å². The molecular weight excluding hydrogens is 228 g/mol. The molecule has 1 aliphatic heterocycles. The van der Waals surface area contributed by atoms with Gasteiger partial charge in [-0.05, 0) is 17.7 Å². The van der Waals surface area contributed by atoms with Crippen LogP contribution in [0, 0.1) is 0 Å². The minimum absolute atomic E-state index is 0.265. The summed E-state index contributed by atoms with van der Waals surface area (Å²) in [4.78, 5) is 0. The topological polar surface area (TPSA) is 38.0 Å². The van der Waals surface area contributed by atoms with Crippen LogP contribution < -0.4 is 11.1 Å². The number of nitrogens with one attached hydrogen (secondary N) is 1. The number of benzene rings is 1. The van der Waals surface area contributed by atoms with Crippen LogP contribution >= 0.6 is 15.9 Å². The highest BCUT2D eigenvalue weighted by Gasteiger charge is 2.24. The molecular formula is C10H13BrN2. The van der Waals surface area contributed by atoms with Crippen molar-refractivity contribution in [3.63, 3.8) is 0 Å². The Bertz CT molecular complexity index is 283. The lowest BCUT2D eigenvalue weighted by Gasteiger charge is -2.14. The van der Waals surface area contributed by atoms with Gasteiger partial charge in [0.1, 0.15) is 0 Å². The van der Waals surface area contributed by atoms with Gasteiger partial charge in [-0.2, -0.15) is 0 Å². The maximum atomic E-state index is 5.97. The second kappa shape index (κ2) is 3.78. The summed E-state index contributed by atoms with van der Waals surface area (Å²) in [6.07, 6.45) is 0. The molecule has 0 amide bonds. The maximum Gasteiger partial charge on any atom is 0.0247 e. The zero-order chi connectivity index (χ0) is 9.26.